The minimum atomic E-state index is -0.0594. The van der Waals surface area contributed by atoms with Gasteiger partial charge in [0, 0.05) is 17.6 Å². The Morgan fingerprint density at radius 2 is 1.97 bits per heavy atom. The molecule has 0 amide bonds. The van der Waals surface area contributed by atoms with Gasteiger partial charge in [-0.15, -0.1) is 5.10 Å². The van der Waals surface area contributed by atoms with E-state index in [0.717, 1.165) is 53.7 Å². The molecule has 1 aromatic carbocycles. The number of nitrogens with zero attached hydrogens (tertiary/aromatic N) is 5. The van der Waals surface area contributed by atoms with Crippen molar-refractivity contribution < 1.29 is 4.42 Å². The van der Waals surface area contributed by atoms with Crippen molar-refractivity contribution in [2.45, 2.75) is 84.5 Å². The highest BCUT2D eigenvalue weighted by Crippen LogP contribution is 2.34. The van der Waals surface area contributed by atoms with Crippen LogP contribution in [0.25, 0.3) is 10.9 Å². The molecular weight excluding hydrogens is 440 g/mol. The van der Waals surface area contributed by atoms with Crippen LogP contribution in [0.15, 0.2) is 45.8 Å². The van der Waals surface area contributed by atoms with Gasteiger partial charge in [0.1, 0.15) is 5.76 Å². The first-order valence-electron chi connectivity index (χ1n) is 12.7. The number of H-pyrrole nitrogens is 1. The van der Waals surface area contributed by atoms with Crippen LogP contribution in [0.4, 0.5) is 0 Å². The third-order valence-electron chi connectivity index (χ3n) is 7.34. The van der Waals surface area contributed by atoms with Crippen LogP contribution in [-0.2, 0) is 13.1 Å². The Labute approximate surface area is 205 Å². The summed E-state index contributed by atoms with van der Waals surface area (Å²) in [6.45, 7) is 7.38. The summed E-state index contributed by atoms with van der Waals surface area (Å²) in [6.07, 6.45) is 8.20. The van der Waals surface area contributed by atoms with Crippen LogP contribution in [0, 0.1) is 13.8 Å². The monoisotopic (exact) mass is 474 g/mol. The first kappa shape index (κ1) is 23.5. The lowest BCUT2D eigenvalue weighted by Crippen LogP contribution is -2.33. The normalized spacial score (nSPS) is 15.4. The van der Waals surface area contributed by atoms with Crippen LogP contribution in [0.1, 0.15) is 85.8 Å². The summed E-state index contributed by atoms with van der Waals surface area (Å²) in [5, 5.41) is 14.0. The second-order valence-corrected chi connectivity index (χ2v) is 9.86. The smallest absolute Gasteiger partial charge is 0.252 e. The predicted molar refractivity (Wildman–Crippen MR) is 135 cm³/mol. The van der Waals surface area contributed by atoms with E-state index in [2.05, 4.69) is 52.2 Å². The SMILES string of the molecule is CCCC(c1nnnn1C1CCCC1)N(Cc1ccco1)Cc1cc2cc(C)c(C)cc2[nH]c1=O. The molecular formula is C27H34N6O2. The number of hydrogen-bond acceptors (Lipinski definition) is 6. The summed E-state index contributed by atoms with van der Waals surface area (Å²) in [7, 11) is 0. The van der Waals surface area contributed by atoms with Gasteiger partial charge in [0.25, 0.3) is 5.56 Å². The zero-order valence-electron chi connectivity index (χ0n) is 20.8. The fourth-order valence-electron chi connectivity index (χ4n) is 5.31. The van der Waals surface area contributed by atoms with Gasteiger partial charge in [-0.25, -0.2) is 4.68 Å². The summed E-state index contributed by atoms with van der Waals surface area (Å²) in [5.74, 6) is 1.74. The van der Waals surface area contributed by atoms with Crippen molar-refractivity contribution in [2.24, 2.45) is 0 Å². The molecule has 5 rings (SSSR count). The molecule has 1 N–H and O–H groups in total. The highest BCUT2D eigenvalue weighted by molar-refractivity contribution is 5.80. The van der Waals surface area contributed by atoms with E-state index in [0.29, 0.717) is 19.1 Å². The third kappa shape index (κ3) is 4.93. The molecule has 4 aromatic rings. The molecule has 0 aliphatic heterocycles. The van der Waals surface area contributed by atoms with E-state index in [-0.39, 0.29) is 11.6 Å². The lowest BCUT2D eigenvalue weighted by Gasteiger charge is -2.31. The molecule has 0 bridgehead atoms. The number of nitrogens with one attached hydrogen (secondary N) is 1. The summed E-state index contributed by atoms with van der Waals surface area (Å²) in [5.41, 5.74) is 3.92. The van der Waals surface area contributed by atoms with Gasteiger partial charge in [-0.1, -0.05) is 26.2 Å². The number of rotatable bonds is 9. The van der Waals surface area contributed by atoms with E-state index in [9.17, 15) is 4.79 Å². The number of aryl methyl sites for hydroxylation is 2. The summed E-state index contributed by atoms with van der Waals surface area (Å²) >= 11 is 0. The second kappa shape index (κ2) is 10.2. The lowest BCUT2D eigenvalue weighted by atomic mass is 10.0. The molecule has 3 heterocycles. The van der Waals surface area contributed by atoms with E-state index >= 15 is 0 Å². The van der Waals surface area contributed by atoms with Crippen LogP contribution in [0.2, 0.25) is 0 Å². The van der Waals surface area contributed by atoms with Gasteiger partial charge in [0.15, 0.2) is 5.82 Å². The van der Waals surface area contributed by atoms with Gasteiger partial charge in [-0.3, -0.25) is 9.69 Å². The number of benzene rings is 1. The van der Waals surface area contributed by atoms with Gasteiger partial charge < -0.3 is 9.40 Å². The first-order valence-corrected chi connectivity index (χ1v) is 12.7. The average molecular weight is 475 g/mol. The molecule has 0 spiro atoms. The number of fused-ring (bicyclic) bond motifs is 1. The first-order chi connectivity index (χ1) is 17.0. The van der Waals surface area contributed by atoms with E-state index in [1.165, 1.54) is 24.0 Å². The Morgan fingerprint density at radius 3 is 2.71 bits per heavy atom. The highest BCUT2D eigenvalue weighted by Gasteiger charge is 2.30. The maximum absolute atomic E-state index is 13.2. The van der Waals surface area contributed by atoms with Crippen LogP contribution in [-0.4, -0.2) is 30.1 Å². The molecule has 8 heteroatoms. The minimum absolute atomic E-state index is 0.0319. The van der Waals surface area contributed by atoms with Crippen molar-refractivity contribution in [3.63, 3.8) is 0 Å². The van der Waals surface area contributed by atoms with E-state index < -0.39 is 0 Å². The molecule has 1 saturated carbocycles. The molecule has 184 valence electrons. The fraction of sp³-hybridized carbons (Fsp3) is 0.481. The van der Waals surface area contributed by atoms with Crippen molar-refractivity contribution in [1.29, 1.82) is 0 Å². The fourth-order valence-corrected chi connectivity index (χ4v) is 5.31. The zero-order chi connectivity index (χ0) is 24.4. The largest absolute Gasteiger partial charge is 0.468 e. The highest BCUT2D eigenvalue weighted by atomic mass is 16.3. The maximum atomic E-state index is 13.2. The number of hydrogen-bond donors (Lipinski definition) is 1. The van der Waals surface area contributed by atoms with Crippen molar-refractivity contribution in [3.05, 3.63) is 75.2 Å². The van der Waals surface area contributed by atoms with Crippen LogP contribution in [0.5, 0.6) is 0 Å². The number of pyridine rings is 1. The molecule has 3 aromatic heterocycles. The lowest BCUT2D eigenvalue weighted by molar-refractivity contribution is 0.142. The van der Waals surface area contributed by atoms with Crippen molar-refractivity contribution in [1.82, 2.24) is 30.1 Å². The molecule has 8 nitrogen and oxygen atoms in total. The molecule has 1 atom stereocenters. The van der Waals surface area contributed by atoms with Gasteiger partial charge >= 0.3 is 0 Å². The summed E-state index contributed by atoms with van der Waals surface area (Å²) in [6, 6.07) is 10.4. The minimum Gasteiger partial charge on any atom is -0.468 e. The number of aromatic nitrogens is 5. The van der Waals surface area contributed by atoms with E-state index in [1.54, 1.807) is 6.26 Å². The number of furan rings is 1. The molecule has 0 radical (unpaired) electrons. The summed E-state index contributed by atoms with van der Waals surface area (Å²) < 4.78 is 7.76. The van der Waals surface area contributed by atoms with Crippen LogP contribution in [0.3, 0.4) is 0 Å². The predicted octanol–water partition coefficient (Wildman–Crippen LogP) is 5.38. The molecule has 1 aliphatic carbocycles. The van der Waals surface area contributed by atoms with Crippen LogP contribution < -0.4 is 5.56 Å². The van der Waals surface area contributed by atoms with Gasteiger partial charge in [-0.05, 0) is 90.4 Å². The maximum Gasteiger partial charge on any atom is 0.252 e. The Hall–Kier alpha value is -3.26. The van der Waals surface area contributed by atoms with E-state index in [1.807, 2.05) is 28.9 Å². The molecule has 0 saturated heterocycles. The van der Waals surface area contributed by atoms with Crippen LogP contribution >= 0.6 is 0 Å². The summed E-state index contributed by atoms with van der Waals surface area (Å²) in [4.78, 5) is 18.5. The van der Waals surface area contributed by atoms with Crippen molar-refractivity contribution in [2.75, 3.05) is 0 Å². The van der Waals surface area contributed by atoms with Gasteiger partial charge in [-0.2, -0.15) is 0 Å². The van der Waals surface area contributed by atoms with Crippen molar-refractivity contribution in [3.8, 4) is 0 Å². The second-order valence-electron chi connectivity index (χ2n) is 9.86. The molecule has 1 unspecified atom stereocenters. The third-order valence-corrected chi connectivity index (χ3v) is 7.34. The van der Waals surface area contributed by atoms with Gasteiger partial charge in [0.05, 0.1) is 24.9 Å². The molecule has 35 heavy (non-hydrogen) atoms. The zero-order valence-corrected chi connectivity index (χ0v) is 20.8. The quantitative estimate of drug-likeness (QED) is 0.350. The van der Waals surface area contributed by atoms with E-state index in [4.69, 9.17) is 4.42 Å². The Bertz CT molecular complexity index is 1330. The Kier molecular flexibility index (Phi) is 6.81. The number of aromatic amines is 1. The average Bonchev–Trinajstić information content (AvgIpc) is 3.61. The molecule has 1 fully saturated rings. The molecule has 1 aliphatic rings. The number of tetrazole rings is 1. The topological polar surface area (TPSA) is 92.8 Å². The van der Waals surface area contributed by atoms with Gasteiger partial charge in [0.2, 0.25) is 0 Å². The van der Waals surface area contributed by atoms with Crippen molar-refractivity contribution >= 4 is 10.9 Å². The Morgan fingerprint density at radius 1 is 1.17 bits per heavy atom. The Balaban J connectivity index is 1.54. The standard InChI is InChI=1S/C27H34N6O2/c1-4-8-25(26-29-30-31-33(26)22-9-5-6-10-22)32(17-23-11-7-12-35-23)16-21-15-20-13-18(2)19(3)14-24(20)28-27(21)34/h7,11-15,22,25H,4-6,8-10,16-17H2,1-3H3,(H,28,34).